The van der Waals surface area contributed by atoms with Gasteiger partial charge in [-0.05, 0) is 74.9 Å². The molecular weight excluding hydrogens is 363 g/mol. The lowest BCUT2D eigenvalue weighted by atomic mass is 9.98. The van der Waals surface area contributed by atoms with Crippen molar-refractivity contribution >= 4 is 33.5 Å². The summed E-state index contributed by atoms with van der Waals surface area (Å²) >= 11 is 12.6. The van der Waals surface area contributed by atoms with Crippen LogP contribution in [0, 0.1) is 41.5 Å². The number of benzene rings is 2. The highest BCUT2D eigenvalue weighted by atomic mass is 35.5. The van der Waals surface area contributed by atoms with E-state index in [1.807, 2.05) is 0 Å². The molecule has 0 unspecified atom stereocenters. The second kappa shape index (κ2) is 8.83. The van der Waals surface area contributed by atoms with Gasteiger partial charge in [-0.15, -0.1) is 10.2 Å². The molecule has 0 saturated carbocycles. The van der Waals surface area contributed by atoms with Crippen LogP contribution in [0.15, 0.2) is 34.5 Å². The Balaban J connectivity index is 2.15. The van der Waals surface area contributed by atoms with Crippen molar-refractivity contribution in [2.45, 2.75) is 54.4 Å². The lowest BCUT2D eigenvalue weighted by molar-refractivity contribution is 1.14. The van der Waals surface area contributed by atoms with Gasteiger partial charge in [-0.3, -0.25) is 0 Å². The summed E-state index contributed by atoms with van der Waals surface area (Å²) < 4.78 is 0. The van der Waals surface area contributed by atoms with Gasteiger partial charge in [0, 0.05) is 12.8 Å². The van der Waals surface area contributed by atoms with Crippen LogP contribution in [0.4, 0.5) is 0 Å². The van der Waals surface area contributed by atoms with Crippen molar-refractivity contribution in [2.75, 3.05) is 0 Å². The zero-order valence-corrected chi connectivity index (χ0v) is 17.9. The van der Waals surface area contributed by atoms with E-state index in [0.717, 1.165) is 0 Å². The molecule has 0 aliphatic heterocycles. The molecule has 0 radical (unpaired) electrons. The van der Waals surface area contributed by atoms with Gasteiger partial charge in [0.15, 0.2) is 0 Å². The molecule has 0 atom stereocenters. The summed E-state index contributed by atoms with van der Waals surface area (Å²) in [5.74, 6) is 0. The summed E-state index contributed by atoms with van der Waals surface area (Å²) in [5, 5.41) is 9.15. The molecule has 138 valence electrons. The largest absolute Gasteiger partial charge is 0.142 e. The first-order valence-electron chi connectivity index (χ1n) is 8.75. The van der Waals surface area contributed by atoms with Gasteiger partial charge >= 0.3 is 0 Å². The number of hydrogen-bond acceptors (Lipinski definition) is 2. The second-order valence-electron chi connectivity index (χ2n) is 7.06. The van der Waals surface area contributed by atoms with Crippen LogP contribution in [0.2, 0.25) is 0 Å². The monoisotopic (exact) mass is 388 g/mol. The predicted octanol–water partition coefficient (Wildman–Crippen LogP) is 6.51. The smallest absolute Gasteiger partial charge is 0.133 e. The SMILES string of the molecule is Cc1cc(C)c(C/C(Cl)=N/N=C(\Cl)Cc2c(C)cc(C)cc2C)c(C)c1. The maximum absolute atomic E-state index is 6.31. The second-order valence-corrected chi connectivity index (χ2v) is 7.93. The fourth-order valence-electron chi connectivity index (χ4n) is 3.45. The van der Waals surface area contributed by atoms with Gasteiger partial charge in [0.25, 0.3) is 0 Å². The van der Waals surface area contributed by atoms with E-state index < -0.39 is 0 Å². The summed E-state index contributed by atoms with van der Waals surface area (Å²) in [6, 6.07) is 8.63. The summed E-state index contributed by atoms with van der Waals surface area (Å²) in [6.07, 6.45) is 1.13. The molecule has 0 aromatic heterocycles. The summed E-state index contributed by atoms with van der Waals surface area (Å²) in [5.41, 5.74) is 9.77. The zero-order chi connectivity index (χ0) is 19.4. The molecule has 0 spiro atoms. The lowest BCUT2D eigenvalue weighted by Crippen LogP contribution is -2.03. The van der Waals surface area contributed by atoms with Crippen LogP contribution in [-0.2, 0) is 12.8 Å². The summed E-state index contributed by atoms with van der Waals surface area (Å²) in [6.45, 7) is 12.6. The Morgan fingerprint density at radius 3 is 1.15 bits per heavy atom. The molecule has 0 aliphatic rings. The topological polar surface area (TPSA) is 24.7 Å². The fourth-order valence-corrected chi connectivity index (χ4v) is 3.79. The van der Waals surface area contributed by atoms with E-state index in [0.29, 0.717) is 23.2 Å². The van der Waals surface area contributed by atoms with Crippen LogP contribution in [-0.4, -0.2) is 10.3 Å². The van der Waals surface area contributed by atoms with E-state index in [-0.39, 0.29) is 0 Å². The number of rotatable bonds is 5. The number of halogens is 2. The molecule has 2 aromatic rings. The number of hydrogen-bond donors (Lipinski definition) is 0. The predicted molar refractivity (Wildman–Crippen MR) is 115 cm³/mol. The van der Waals surface area contributed by atoms with Gasteiger partial charge in [0.2, 0.25) is 0 Å². The first-order chi connectivity index (χ1) is 12.2. The minimum Gasteiger partial charge on any atom is -0.142 e. The van der Waals surface area contributed by atoms with E-state index >= 15 is 0 Å². The molecule has 26 heavy (non-hydrogen) atoms. The Labute approximate surface area is 167 Å². The maximum atomic E-state index is 6.31. The van der Waals surface area contributed by atoms with Gasteiger partial charge in [-0.2, -0.15) is 0 Å². The van der Waals surface area contributed by atoms with Crippen molar-refractivity contribution in [3.8, 4) is 0 Å². The highest BCUT2D eigenvalue weighted by Gasteiger charge is 2.09. The third-order valence-electron chi connectivity index (χ3n) is 4.59. The number of nitrogens with zero attached hydrogens (tertiary/aromatic N) is 2. The molecule has 0 amide bonds. The highest BCUT2D eigenvalue weighted by Crippen LogP contribution is 2.20. The van der Waals surface area contributed by atoms with Gasteiger partial charge < -0.3 is 0 Å². The van der Waals surface area contributed by atoms with E-state index in [1.165, 1.54) is 44.5 Å². The van der Waals surface area contributed by atoms with Gasteiger partial charge in [0.1, 0.15) is 10.3 Å². The molecule has 2 rings (SSSR count). The van der Waals surface area contributed by atoms with Crippen molar-refractivity contribution < 1.29 is 0 Å². The van der Waals surface area contributed by atoms with E-state index in [2.05, 4.69) is 76.0 Å². The zero-order valence-electron chi connectivity index (χ0n) is 16.4. The molecule has 4 heteroatoms. The normalized spacial score (nSPS) is 12.6. The Morgan fingerprint density at radius 1 is 0.615 bits per heavy atom. The molecule has 0 fully saturated rings. The third kappa shape index (κ3) is 5.43. The Bertz CT molecular complexity index is 760. The Morgan fingerprint density at radius 2 is 0.885 bits per heavy atom. The maximum Gasteiger partial charge on any atom is 0.133 e. The van der Waals surface area contributed by atoms with Crippen LogP contribution >= 0.6 is 23.2 Å². The van der Waals surface area contributed by atoms with Gasteiger partial charge in [0.05, 0.1) is 0 Å². The molecule has 0 saturated heterocycles. The van der Waals surface area contributed by atoms with E-state index in [9.17, 15) is 0 Å². The first kappa shape index (κ1) is 20.7. The minimum atomic E-state index is 0.440. The van der Waals surface area contributed by atoms with Crippen molar-refractivity contribution in [2.24, 2.45) is 10.2 Å². The van der Waals surface area contributed by atoms with Crippen LogP contribution in [0.25, 0.3) is 0 Å². The Kier molecular flexibility index (Phi) is 7.02. The molecule has 0 bridgehead atoms. The number of aryl methyl sites for hydroxylation is 6. The molecule has 2 nitrogen and oxygen atoms in total. The first-order valence-corrected chi connectivity index (χ1v) is 9.50. The highest BCUT2D eigenvalue weighted by molar-refractivity contribution is 6.67. The fraction of sp³-hybridized carbons (Fsp3) is 0.364. The molecule has 0 aliphatic carbocycles. The minimum absolute atomic E-state index is 0.440. The molecule has 0 N–H and O–H groups in total. The summed E-state index contributed by atoms with van der Waals surface area (Å²) in [7, 11) is 0. The Hall–Kier alpha value is -1.64. The van der Waals surface area contributed by atoms with Crippen molar-refractivity contribution in [3.63, 3.8) is 0 Å². The van der Waals surface area contributed by atoms with Crippen molar-refractivity contribution in [1.82, 2.24) is 0 Å². The molecule has 2 aromatic carbocycles. The van der Waals surface area contributed by atoms with Crippen LogP contribution in [0.5, 0.6) is 0 Å². The quantitative estimate of drug-likeness (QED) is 0.411. The van der Waals surface area contributed by atoms with Crippen LogP contribution in [0.3, 0.4) is 0 Å². The molecule has 0 heterocycles. The lowest BCUT2D eigenvalue weighted by Gasteiger charge is -2.10. The standard InChI is InChI=1S/C22H26Cl2N2/c1-13-7-15(3)19(16(4)8-13)11-21(23)25-26-22(24)12-20-17(5)9-14(2)10-18(20)6/h7-10H,11-12H2,1-6H3/b25-21-,26-22-. The van der Waals surface area contributed by atoms with Crippen molar-refractivity contribution in [1.29, 1.82) is 0 Å². The van der Waals surface area contributed by atoms with Gasteiger partial charge in [-0.1, -0.05) is 58.6 Å². The molecular formula is C22H26Cl2N2. The van der Waals surface area contributed by atoms with Crippen molar-refractivity contribution in [3.05, 3.63) is 68.8 Å². The van der Waals surface area contributed by atoms with Crippen LogP contribution < -0.4 is 0 Å². The summed E-state index contributed by atoms with van der Waals surface area (Å²) in [4.78, 5) is 0. The van der Waals surface area contributed by atoms with E-state index in [4.69, 9.17) is 23.2 Å². The van der Waals surface area contributed by atoms with Gasteiger partial charge in [-0.25, -0.2) is 0 Å². The van der Waals surface area contributed by atoms with E-state index in [1.54, 1.807) is 0 Å². The average Bonchev–Trinajstić information content (AvgIpc) is 2.52. The van der Waals surface area contributed by atoms with Crippen LogP contribution in [0.1, 0.15) is 44.5 Å². The third-order valence-corrected chi connectivity index (χ3v) is 5.01. The average molecular weight is 389 g/mol.